The number of alkyl carbamates (subject to hydrolysis) is 1. The van der Waals surface area contributed by atoms with Crippen molar-refractivity contribution in [2.45, 2.75) is 92.1 Å². The van der Waals surface area contributed by atoms with Crippen LogP contribution in [0.5, 0.6) is 0 Å². The predicted molar refractivity (Wildman–Crippen MR) is 281 cm³/mol. The Kier molecular flexibility index (Phi) is 19.5. The molecular weight excluding hydrogens is 967 g/mol. The summed E-state index contributed by atoms with van der Waals surface area (Å²) < 4.78 is 38.1. The van der Waals surface area contributed by atoms with Gasteiger partial charge in [0.25, 0.3) is 11.8 Å². The summed E-state index contributed by atoms with van der Waals surface area (Å²) in [4.78, 5) is 89.5. The molecule has 20 nitrogen and oxygen atoms in total. The number of esters is 2. The number of rotatable bonds is 23. The fourth-order valence-corrected chi connectivity index (χ4v) is 9.62. The number of aryl methyl sites for hydroxylation is 2. The number of imide groups is 1. The number of morpholine rings is 1. The van der Waals surface area contributed by atoms with Crippen LogP contribution in [0.1, 0.15) is 133 Å². The number of hydrogen-bond acceptors (Lipinski definition) is 16. The van der Waals surface area contributed by atoms with Crippen LogP contribution in [-0.2, 0) is 42.7 Å². The van der Waals surface area contributed by atoms with Crippen molar-refractivity contribution in [3.8, 4) is 0 Å². The molecule has 4 aliphatic rings. The van der Waals surface area contributed by atoms with E-state index in [9.17, 15) is 19.2 Å². The van der Waals surface area contributed by atoms with Gasteiger partial charge in [0.15, 0.2) is 0 Å². The number of aromatic amines is 2. The van der Waals surface area contributed by atoms with Gasteiger partial charge in [0.05, 0.1) is 93.2 Å². The molecule has 4 aliphatic heterocycles. The Balaban J connectivity index is 1.26. The Labute approximate surface area is 437 Å². The van der Waals surface area contributed by atoms with E-state index in [-0.39, 0.29) is 83.7 Å². The van der Waals surface area contributed by atoms with Gasteiger partial charge in [0.2, 0.25) is 0 Å². The average Bonchev–Trinajstić information content (AvgIpc) is 4.07. The number of aliphatic hydroxyl groups excluding tert-OH is 1. The molecule has 1 saturated heterocycles. The lowest BCUT2D eigenvalue weighted by Crippen LogP contribution is -2.47. The van der Waals surface area contributed by atoms with Gasteiger partial charge in [-0.25, -0.2) is 14.6 Å². The van der Waals surface area contributed by atoms with Gasteiger partial charge in [0, 0.05) is 84.9 Å². The van der Waals surface area contributed by atoms with Crippen LogP contribution in [0.25, 0.3) is 39.3 Å². The molecule has 75 heavy (non-hydrogen) atoms. The molecule has 0 aliphatic carbocycles. The number of amides is 3. The van der Waals surface area contributed by atoms with Crippen LogP contribution in [0.4, 0.5) is 4.79 Å². The van der Waals surface area contributed by atoms with Gasteiger partial charge in [-0.2, -0.15) is 0 Å². The molecule has 2 atom stereocenters. The normalized spacial score (nSPS) is 17.1. The van der Waals surface area contributed by atoms with E-state index < -0.39 is 41.4 Å². The van der Waals surface area contributed by atoms with Gasteiger partial charge in [-0.15, -0.1) is 0 Å². The first-order valence-electron chi connectivity index (χ1n) is 26.0. The van der Waals surface area contributed by atoms with Crippen molar-refractivity contribution in [2.24, 2.45) is 0 Å². The van der Waals surface area contributed by atoms with Crippen molar-refractivity contribution in [3.63, 3.8) is 0 Å². The zero-order valence-corrected chi connectivity index (χ0v) is 44.6. The van der Waals surface area contributed by atoms with Gasteiger partial charge in [-0.3, -0.25) is 29.2 Å². The zero-order valence-electron chi connectivity index (χ0n) is 44.6. The Morgan fingerprint density at radius 2 is 1.49 bits per heavy atom. The first kappa shape index (κ1) is 56.4. The highest BCUT2D eigenvalue weighted by Crippen LogP contribution is 2.44. The summed E-state index contributed by atoms with van der Waals surface area (Å²) in [6.07, 6.45) is 3.47. The number of aromatic nitrogens is 4. The number of nitrogens with zero attached hydrogens (tertiary/aromatic N) is 4. The Hall–Kier alpha value is -6.29. The molecule has 0 aromatic carbocycles. The third-order valence-electron chi connectivity index (χ3n) is 13.6. The van der Waals surface area contributed by atoms with E-state index in [0.717, 1.165) is 22.3 Å². The molecule has 4 N–H and O–H groups in total. The molecule has 3 aromatic heterocycles. The molecule has 0 spiro atoms. The summed E-state index contributed by atoms with van der Waals surface area (Å²) in [6.45, 7) is 19.9. The fraction of sp³-hybridized carbons (Fsp3) is 0.545. The number of hydrogen-bond donors (Lipinski definition) is 4. The predicted octanol–water partition coefficient (Wildman–Crippen LogP) is 6.53. The van der Waals surface area contributed by atoms with Crippen LogP contribution in [-0.4, -0.2) is 176 Å². The van der Waals surface area contributed by atoms with Crippen LogP contribution < -0.4 is 5.32 Å². The van der Waals surface area contributed by atoms with E-state index >= 15 is 4.79 Å². The highest BCUT2D eigenvalue weighted by molar-refractivity contribution is 6.23. The highest BCUT2D eigenvalue weighted by atomic mass is 16.6. The smallest absolute Gasteiger partial charge is 0.407 e. The largest absolute Gasteiger partial charge is 0.463 e. The second-order valence-corrected chi connectivity index (χ2v) is 19.8. The highest BCUT2D eigenvalue weighted by Gasteiger charge is 2.41. The molecule has 406 valence electrons. The van der Waals surface area contributed by atoms with E-state index in [0.29, 0.717) is 108 Å². The Morgan fingerprint density at radius 3 is 2.21 bits per heavy atom. The lowest BCUT2D eigenvalue weighted by atomic mass is 9.84. The maximum Gasteiger partial charge on any atom is 0.407 e. The van der Waals surface area contributed by atoms with Crippen LogP contribution in [0.15, 0.2) is 24.3 Å². The summed E-state index contributed by atoms with van der Waals surface area (Å²) in [5.41, 5.74) is 9.14. The number of fused-ring (bicyclic) bond motifs is 8. The minimum absolute atomic E-state index is 0.000936. The van der Waals surface area contributed by atoms with Crippen LogP contribution in [0.2, 0.25) is 0 Å². The lowest BCUT2D eigenvalue weighted by molar-refractivity contribution is -0.145. The van der Waals surface area contributed by atoms with Gasteiger partial charge in [-0.1, -0.05) is 13.8 Å². The van der Waals surface area contributed by atoms with Crippen LogP contribution in [0, 0.1) is 13.8 Å². The van der Waals surface area contributed by atoms with Gasteiger partial charge < -0.3 is 53.5 Å². The van der Waals surface area contributed by atoms with Crippen molar-refractivity contribution in [1.29, 1.82) is 0 Å². The minimum atomic E-state index is -0.626. The molecule has 8 bridgehead atoms. The van der Waals surface area contributed by atoms with Gasteiger partial charge in [-0.05, 0) is 101 Å². The van der Waals surface area contributed by atoms with Crippen LogP contribution in [0.3, 0.4) is 0 Å². The third-order valence-corrected chi connectivity index (χ3v) is 13.6. The quantitative estimate of drug-likeness (QED) is 0.0259. The van der Waals surface area contributed by atoms with E-state index in [2.05, 4.69) is 27.1 Å². The number of aliphatic hydroxyl groups is 1. The van der Waals surface area contributed by atoms with Crippen LogP contribution >= 0.6 is 0 Å². The Morgan fingerprint density at radius 1 is 0.827 bits per heavy atom. The Bertz CT molecular complexity index is 2820. The third kappa shape index (κ3) is 14.2. The number of carbonyl (C=O) groups is 5. The second-order valence-electron chi connectivity index (χ2n) is 19.8. The number of allylic oxidation sites excluding steroid dienone is 2. The van der Waals surface area contributed by atoms with E-state index in [1.54, 1.807) is 26.8 Å². The first-order chi connectivity index (χ1) is 36.0. The SMILES string of the molecule is CCC1=C(C)c2cc3[nH]c(cc4nc(c5c6[nH]c(cc1n2)c(C)c6C(=O)N(CCN1CCOCC1)C5=O)[C@@H](CCC(=O)OCCOCCNC(=O)OC(C)(C)C)[C@@H]4C)c(C)c3/C=C/C(=O)OCCOCCOCCO. The summed E-state index contributed by atoms with van der Waals surface area (Å²) in [6, 6.07) is 5.84. The van der Waals surface area contributed by atoms with E-state index in [4.69, 9.17) is 48.2 Å². The molecule has 1 fully saturated rings. The molecule has 0 radical (unpaired) electrons. The molecular formula is C55H73N7O13. The first-order valence-corrected chi connectivity index (χ1v) is 26.0. The molecule has 3 aromatic rings. The molecule has 3 amide bonds. The number of nitrogens with one attached hydrogen (secondary N) is 3. The van der Waals surface area contributed by atoms with Crippen molar-refractivity contribution in [2.75, 3.05) is 105 Å². The molecule has 0 saturated carbocycles. The average molecular weight is 1040 g/mol. The minimum Gasteiger partial charge on any atom is -0.463 e. The topological polar surface area (TPSA) is 246 Å². The van der Waals surface area contributed by atoms with Crippen molar-refractivity contribution < 1.29 is 62.2 Å². The zero-order chi connectivity index (χ0) is 53.8. The van der Waals surface area contributed by atoms with Crippen molar-refractivity contribution >= 4 is 69.1 Å². The summed E-state index contributed by atoms with van der Waals surface area (Å²) in [7, 11) is 0. The fourth-order valence-electron chi connectivity index (χ4n) is 9.62. The summed E-state index contributed by atoms with van der Waals surface area (Å²) >= 11 is 0. The lowest BCUT2D eigenvalue weighted by Gasteiger charge is -2.31. The van der Waals surface area contributed by atoms with Gasteiger partial charge in [0.1, 0.15) is 18.8 Å². The maximum atomic E-state index is 15.2. The molecule has 0 unspecified atom stereocenters. The summed E-state index contributed by atoms with van der Waals surface area (Å²) in [5, 5.41) is 11.5. The van der Waals surface area contributed by atoms with Crippen molar-refractivity contribution in [1.82, 2.24) is 35.1 Å². The molecule has 7 heterocycles. The standard InChI is InChI=1S/C55H73N7O13/c1-9-37-33(2)41-31-45-38(10-12-46(64)74-29-27-72-25-24-71-23-19-63)34(3)40(58-45)30-42-35(4)39(11-13-47(65)73-28-26-69-20-14-56-54(68)75-55(6,7)8)50(59-42)49-51-48(36(5)43(60-51)32-44(37)57-41)52(66)62(53(49)67)16-15-61-17-21-70-22-18-61/h10,12,30-32,35,39,58,60,63H,9,11,13-29H2,1-8H3,(H,56,68)/b12-10+,40-30?,41-31?,42-30?,43-32?,44-32?,45-31?,50-49?/t35-,39-/m0/s1. The maximum absolute atomic E-state index is 15.2. The number of carbonyl (C=O) groups excluding carboxylic acids is 5. The van der Waals surface area contributed by atoms with Gasteiger partial charge >= 0.3 is 18.0 Å². The molecule has 7 rings (SSSR count). The summed E-state index contributed by atoms with van der Waals surface area (Å²) in [5.74, 6) is -2.68. The van der Waals surface area contributed by atoms with E-state index in [1.807, 2.05) is 45.9 Å². The second kappa shape index (κ2) is 26.0. The monoisotopic (exact) mass is 1040 g/mol. The van der Waals surface area contributed by atoms with E-state index in [1.165, 1.54) is 11.0 Å². The number of H-pyrrole nitrogens is 2. The number of ether oxygens (including phenoxy) is 7. The molecule has 20 heteroatoms. The van der Waals surface area contributed by atoms with Crippen molar-refractivity contribution in [3.05, 3.63) is 74.9 Å².